The third kappa shape index (κ3) is 1.13. The molecule has 0 amide bonds. The Kier molecular flexibility index (Phi) is 1.24. The second kappa shape index (κ2) is 2.12. The molecule has 0 aliphatic heterocycles. The van der Waals surface area contributed by atoms with Crippen molar-refractivity contribution < 1.29 is 0 Å². The minimum Gasteiger partial charge on any atom is -0.336 e. The van der Waals surface area contributed by atoms with Crippen molar-refractivity contribution in [3.8, 4) is 0 Å². The maximum atomic E-state index is 11.0. The molecule has 1 aliphatic carbocycles. The molecule has 1 fully saturated rings. The fraction of sp³-hybridized carbons (Fsp3) is 0.375. The second-order valence-electron chi connectivity index (χ2n) is 2.98. The Balaban J connectivity index is 2.44. The van der Waals surface area contributed by atoms with E-state index in [9.17, 15) is 4.79 Å². The molecule has 0 aromatic carbocycles. The fourth-order valence-corrected chi connectivity index (χ4v) is 1.18. The van der Waals surface area contributed by atoms with Crippen molar-refractivity contribution >= 4 is 0 Å². The SMILES string of the molecule is Nn1ccc(C2CC2)cc1=O. The molecule has 3 nitrogen and oxygen atoms in total. The van der Waals surface area contributed by atoms with E-state index in [-0.39, 0.29) is 5.56 Å². The summed E-state index contributed by atoms with van der Waals surface area (Å²) in [5.74, 6) is 5.94. The van der Waals surface area contributed by atoms with Gasteiger partial charge in [-0.05, 0) is 30.4 Å². The lowest BCUT2D eigenvalue weighted by Gasteiger charge is -1.98. The van der Waals surface area contributed by atoms with Crippen LogP contribution in [-0.2, 0) is 0 Å². The number of hydrogen-bond donors (Lipinski definition) is 1. The summed E-state index contributed by atoms with van der Waals surface area (Å²) in [7, 11) is 0. The van der Waals surface area contributed by atoms with E-state index in [0.717, 1.165) is 10.2 Å². The van der Waals surface area contributed by atoms with Crippen LogP contribution in [0.3, 0.4) is 0 Å². The molecule has 1 aliphatic rings. The van der Waals surface area contributed by atoms with Gasteiger partial charge in [-0.2, -0.15) is 0 Å². The highest BCUT2D eigenvalue weighted by atomic mass is 16.1. The normalized spacial score (nSPS) is 16.7. The van der Waals surface area contributed by atoms with Gasteiger partial charge in [-0.1, -0.05) is 0 Å². The van der Waals surface area contributed by atoms with Crippen molar-refractivity contribution in [2.45, 2.75) is 18.8 Å². The van der Waals surface area contributed by atoms with Crippen LogP contribution < -0.4 is 11.4 Å². The third-order valence-corrected chi connectivity index (χ3v) is 2.02. The van der Waals surface area contributed by atoms with Gasteiger partial charge in [0.2, 0.25) is 0 Å². The molecule has 2 N–H and O–H groups in total. The highest BCUT2D eigenvalue weighted by molar-refractivity contribution is 5.20. The number of nitrogen functional groups attached to an aromatic ring is 1. The molecule has 1 saturated carbocycles. The van der Waals surface area contributed by atoms with E-state index in [2.05, 4.69) is 0 Å². The lowest BCUT2D eigenvalue weighted by Crippen LogP contribution is -2.25. The molecule has 11 heavy (non-hydrogen) atoms. The zero-order valence-corrected chi connectivity index (χ0v) is 6.16. The average Bonchev–Trinajstić information content (AvgIpc) is 2.77. The molecule has 2 rings (SSSR count). The minimum atomic E-state index is -0.116. The van der Waals surface area contributed by atoms with Crippen molar-refractivity contribution in [1.29, 1.82) is 0 Å². The quantitative estimate of drug-likeness (QED) is 0.590. The van der Waals surface area contributed by atoms with Gasteiger partial charge in [0.1, 0.15) is 0 Å². The molecule has 0 spiro atoms. The number of aromatic nitrogens is 1. The van der Waals surface area contributed by atoms with Gasteiger partial charge >= 0.3 is 0 Å². The summed E-state index contributed by atoms with van der Waals surface area (Å²) < 4.78 is 1.10. The van der Waals surface area contributed by atoms with Gasteiger partial charge in [-0.3, -0.25) is 4.79 Å². The topological polar surface area (TPSA) is 48.0 Å². The van der Waals surface area contributed by atoms with Crippen LogP contribution in [0.15, 0.2) is 23.1 Å². The highest BCUT2D eigenvalue weighted by Crippen LogP contribution is 2.39. The van der Waals surface area contributed by atoms with Crippen LogP contribution in [0, 0.1) is 0 Å². The summed E-state index contributed by atoms with van der Waals surface area (Å²) in [5.41, 5.74) is 1.02. The molecular formula is C8H10N2O. The minimum absolute atomic E-state index is 0.116. The Labute approximate surface area is 64.4 Å². The van der Waals surface area contributed by atoms with E-state index < -0.39 is 0 Å². The predicted molar refractivity (Wildman–Crippen MR) is 42.8 cm³/mol. The van der Waals surface area contributed by atoms with E-state index in [1.54, 1.807) is 12.3 Å². The summed E-state index contributed by atoms with van der Waals surface area (Å²) in [6.45, 7) is 0. The fourth-order valence-electron chi connectivity index (χ4n) is 1.18. The zero-order valence-electron chi connectivity index (χ0n) is 6.16. The van der Waals surface area contributed by atoms with Gasteiger partial charge in [0.05, 0.1) is 0 Å². The van der Waals surface area contributed by atoms with Crippen LogP contribution in [-0.4, -0.2) is 4.68 Å². The number of nitrogens with zero attached hydrogens (tertiary/aromatic N) is 1. The van der Waals surface area contributed by atoms with Crippen molar-refractivity contribution in [3.63, 3.8) is 0 Å². The van der Waals surface area contributed by atoms with Crippen LogP contribution >= 0.6 is 0 Å². The lowest BCUT2D eigenvalue weighted by molar-refractivity contribution is 0.918. The monoisotopic (exact) mass is 150 g/mol. The molecule has 1 heterocycles. The van der Waals surface area contributed by atoms with Gasteiger partial charge in [-0.15, -0.1) is 0 Å². The number of nitrogens with two attached hydrogens (primary N) is 1. The molecule has 0 radical (unpaired) electrons. The second-order valence-corrected chi connectivity index (χ2v) is 2.98. The first-order chi connectivity index (χ1) is 5.27. The van der Waals surface area contributed by atoms with Gasteiger partial charge in [-0.25, -0.2) is 4.68 Å². The van der Waals surface area contributed by atoms with Crippen molar-refractivity contribution in [2.75, 3.05) is 5.84 Å². The summed E-state index contributed by atoms with van der Waals surface area (Å²) in [5, 5.41) is 0. The first-order valence-corrected chi connectivity index (χ1v) is 3.75. The predicted octanol–water partition coefficient (Wildman–Crippen LogP) is 0.439. The first kappa shape index (κ1) is 6.46. The van der Waals surface area contributed by atoms with Crippen LogP contribution in [0.25, 0.3) is 0 Å². The largest absolute Gasteiger partial charge is 0.336 e. The van der Waals surface area contributed by atoms with Gasteiger partial charge in [0, 0.05) is 12.3 Å². The van der Waals surface area contributed by atoms with Gasteiger partial charge in [0.25, 0.3) is 5.56 Å². The highest BCUT2D eigenvalue weighted by Gasteiger charge is 2.23. The van der Waals surface area contributed by atoms with Crippen molar-refractivity contribution in [1.82, 2.24) is 4.68 Å². The molecule has 1 aromatic rings. The molecule has 1 aromatic heterocycles. The number of hydrogen-bond acceptors (Lipinski definition) is 2. The van der Waals surface area contributed by atoms with Crippen molar-refractivity contribution in [2.24, 2.45) is 0 Å². The van der Waals surface area contributed by atoms with Gasteiger partial charge in [0.15, 0.2) is 0 Å². The Hall–Kier alpha value is -1.25. The summed E-state index contributed by atoms with van der Waals surface area (Å²) >= 11 is 0. The molecule has 58 valence electrons. The van der Waals surface area contributed by atoms with E-state index in [1.807, 2.05) is 6.07 Å². The zero-order chi connectivity index (χ0) is 7.84. The molecule has 0 unspecified atom stereocenters. The summed E-state index contributed by atoms with van der Waals surface area (Å²) in [4.78, 5) is 11.0. The standard InChI is InChI=1S/C8H10N2O/c9-10-4-3-7(5-8(10)11)6-1-2-6/h3-6H,1-2,9H2. The molecule has 0 saturated heterocycles. The smallest absolute Gasteiger partial charge is 0.268 e. The van der Waals surface area contributed by atoms with Crippen LogP contribution in [0.2, 0.25) is 0 Å². The Bertz CT molecular complexity index is 325. The Morgan fingerprint density at radius 1 is 1.55 bits per heavy atom. The molecule has 0 atom stereocenters. The Morgan fingerprint density at radius 3 is 2.82 bits per heavy atom. The summed E-state index contributed by atoms with van der Waals surface area (Å²) in [6.07, 6.45) is 4.05. The van der Waals surface area contributed by atoms with Crippen molar-refractivity contribution in [3.05, 3.63) is 34.2 Å². The summed E-state index contributed by atoms with van der Waals surface area (Å²) in [6, 6.07) is 3.54. The maximum absolute atomic E-state index is 11.0. The molecule has 0 bridgehead atoms. The average molecular weight is 150 g/mol. The Morgan fingerprint density at radius 2 is 2.27 bits per heavy atom. The number of pyridine rings is 1. The van der Waals surface area contributed by atoms with Crippen LogP contribution in [0.4, 0.5) is 0 Å². The maximum Gasteiger partial charge on any atom is 0.268 e. The van der Waals surface area contributed by atoms with Crippen LogP contribution in [0.1, 0.15) is 24.3 Å². The van der Waals surface area contributed by atoms with E-state index >= 15 is 0 Å². The van der Waals surface area contributed by atoms with E-state index in [4.69, 9.17) is 5.84 Å². The van der Waals surface area contributed by atoms with Gasteiger partial charge < -0.3 is 5.84 Å². The number of rotatable bonds is 1. The molecule has 3 heteroatoms. The molecular weight excluding hydrogens is 140 g/mol. The van der Waals surface area contributed by atoms with E-state index in [1.165, 1.54) is 12.8 Å². The third-order valence-electron chi connectivity index (χ3n) is 2.02. The lowest BCUT2D eigenvalue weighted by atomic mass is 10.2. The van der Waals surface area contributed by atoms with Crippen LogP contribution in [0.5, 0.6) is 0 Å². The first-order valence-electron chi connectivity index (χ1n) is 3.75. The van der Waals surface area contributed by atoms with E-state index in [0.29, 0.717) is 5.92 Å².